The van der Waals surface area contributed by atoms with E-state index in [0.29, 0.717) is 0 Å². The summed E-state index contributed by atoms with van der Waals surface area (Å²) in [6.45, 7) is 2.00. The van der Waals surface area contributed by atoms with Gasteiger partial charge in [-0.3, -0.25) is 0 Å². The third-order valence-electron chi connectivity index (χ3n) is 1.31. The van der Waals surface area contributed by atoms with Gasteiger partial charge in [0.1, 0.15) is 0 Å². The van der Waals surface area contributed by atoms with Gasteiger partial charge in [0, 0.05) is 21.7 Å². The molecule has 66 valence electrons. The van der Waals surface area contributed by atoms with Crippen molar-refractivity contribution in [2.24, 2.45) is 5.73 Å². The zero-order valence-corrected chi connectivity index (χ0v) is 8.53. The van der Waals surface area contributed by atoms with Crippen molar-refractivity contribution in [2.45, 2.75) is 17.9 Å². The number of benzene rings is 1. The molecule has 3 heteroatoms. The molecule has 0 heterocycles. The van der Waals surface area contributed by atoms with Crippen LogP contribution in [0.25, 0.3) is 0 Å². The summed E-state index contributed by atoms with van der Waals surface area (Å²) in [5, 5.41) is 0.782. The van der Waals surface area contributed by atoms with Crippen molar-refractivity contribution in [2.75, 3.05) is 5.75 Å². The lowest BCUT2D eigenvalue weighted by Gasteiger charge is -2.04. The van der Waals surface area contributed by atoms with Crippen molar-refractivity contribution in [3.05, 3.63) is 29.3 Å². The molecular weight excluding hydrogens is 190 g/mol. The molecule has 1 aromatic carbocycles. The summed E-state index contributed by atoms with van der Waals surface area (Å²) < 4.78 is 0. The van der Waals surface area contributed by atoms with Crippen LogP contribution < -0.4 is 5.73 Å². The highest BCUT2D eigenvalue weighted by Gasteiger charge is 1.97. The first-order valence-corrected chi connectivity index (χ1v) is 5.19. The van der Waals surface area contributed by atoms with E-state index in [1.165, 1.54) is 4.90 Å². The van der Waals surface area contributed by atoms with Crippen LogP contribution >= 0.6 is 23.4 Å². The first-order chi connectivity index (χ1) is 5.68. The Balaban J connectivity index is 2.52. The predicted molar refractivity (Wildman–Crippen MR) is 55.8 cm³/mol. The lowest BCUT2D eigenvalue weighted by atomic mass is 10.4. The second kappa shape index (κ2) is 4.75. The zero-order valence-electron chi connectivity index (χ0n) is 6.96. The lowest BCUT2D eigenvalue weighted by Crippen LogP contribution is -2.17. The third kappa shape index (κ3) is 3.48. The minimum Gasteiger partial charge on any atom is -0.327 e. The van der Waals surface area contributed by atoms with Crippen LogP contribution in [-0.4, -0.2) is 11.8 Å². The highest BCUT2D eigenvalue weighted by atomic mass is 35.5. The maximum Gasteiger partial charge on any atom is 0.0417 e. The van der Waals surface area contributed by atoms with Gasteiger partial charge in [0.15, 0.2) is 0 Å². The second-order valence-electron chi connectivity index (χ2n) is 2.75. The van der Waals surface area contributed by atoms with Gasteiger partial charge in [-0.05, 0) is 25.1 Å². The molecule has 1 aromatic rings. The van der Waals surface area contributed by atoms with E-state index in [2.05, 4.69) is 0 Å². The van der Waals surface area contributed by atoms with E-state index in [9.17, 15) is 0 Å². The van der Waals surface area contributed by atoms with E-state index >= 15 is 0 Å². The van der Waals surface area contributed by atoms with E-state index in [-0.39, 0.29) is 6.04 Å². The Hall–Kier alpha value is -0.180. The van der Waals surface area contributed by atoms with Gasteiger partial charge in [0.25, 0.3) is 0 Å². The SMILES string of the molecule is C[C@@H](N)CSc1cccc(Cl)c1. The normalized spacial score (nSPS) is 12.9. The first kappa shape index (κ1) is 9.90. The molecule has 0 aliphatic heterocycles. The molecule has 0 aliphatic rings. The molecule has 1 atom stereocenters. The summed E-state index contributed by atoms with van der Waals surface area (Å²) in [5.74, 6) is 0.931. The summed E-state index contributed by atoms with van der Waals surface area (Å²) in [6.07, 6.45) is 0. The molecule has 1 rings (SSSR count). The molecule has 0 spiro atoms. The highest BCUT2D eigenvalue weighted by molar-refractivity contribution is 7.99. The van der Waals surface area contributed by atoms with Crippen LogP contribution in [0.1, 0.15) is 6.92 Å². The lowest BCUT2D eigenvalue weighted by molar-refractivity contribution is 0.847. The number of hydrogen-bond acceptors (Lipinski definition) is 2. The fourth-order valence-corrected chi connectivity index (χ4v) is 1.88. The number of hydrogen-bond donors (Lipinski definition) is 1. The Kier molecular flexibility index (Phi) is 3.92. The van der Waals surface area contributed by atoms with Crippen molar-refractivity contribution in [1.82, 2.24) is 0 Å². The number of thioether (sulfide) groups is 1. The first-order valence-electron chi connectivity index (χ1n) is 3.82. The summed E-state index contributed by atoms with van der Waals surface area (Å²) >= 11 is 7.55. The molecule has 0 radical (unpaired) electrons. The predicted octanol–water partition coefficient (Wildman–Crippen LogP) is 2.78. The van der Waals surface area contributed by atoms with Crippen LogP contribution in [-0.2, 0) is 0 Å². The smallest absolute Gasteiger partial charge is 0.0417 e. The molecule has 0 amide bonds. The van der Waals surface area contributed by atoms with Gasteiger partial charge < -0.3 is 5.73 Å². The maximum absolute atomic E-state index is 5.82. The number of rotatable bonds is 3. The largest absolute Gasteiger partial charge is 0.327 e. The standard InChI is InChI=1S/C9H12ClNS/c1-7(11)6-12-9-4-2-3-8(10)5-9/h2-5,7H,6,11H2,1H3/t7-/m1/s1. The van der Waals surface area contributed by atoms with E-state index in [1.54, 1.807) is 11.8 Å². The van der Waals surface area contributed by atoms with Crippen molar-refractivity contribution >= 4 is 23.4 Å². The quantitative estimate of drug-likeness (QED) is 0.762. The van der Waals surface area contributed by atoms with Crippen molar-refractivity contribution in [1.29, 1.82) is 0 Å². The third-order valence-corrected chi connectivity index (χ3v) is 2.82. The molecule has 0 saturated carbocycles. The number of nitrogens with two attached hydrogens (primary N) is 1. The van der Waals surface area contributed by atoms with Crippen LogP contribution in [0.4, 0.5) is 0 Å². The van der Waals surface area contributed by atoms with Crippen LogP contribution in [0.15, 0.2) is 29.2 Å². The minimum absolute atomic E-state index is 0.231. The Morgan fingerprint density at radius 3 is 2.92 bits per heavy atom. The van der Waals surface area contributed by atoms with E-state index < -0.39 is 0 Å². The highest BCUT2D eigenvalue weighted by Crippen LogP contribution is 2.21. The molecule has 1 nitrogen and oxygen atoms in total. The van der Waals surface area contributed by atoms with Gasteiger partial charge in [-0.1, -0.05) is 17.7 Å². The molecule has 0 saturated heterocycles. The summed E-state index contributed by atoms with van der Waals surface area (Å²) in [7, 11) is 0. The van der Waals surface area contributed by atoms with E-state index in [1.807, 2.05) is 31.2 Å². The fraction of sp³-hybridized carbons (Fsp3) is 0.333. The summed E-state index contributed by atoms with van der Waals surface area (Å²) in [4.78, 5) is 1.18. The Bertz CT molecular complexity index is 250. The molecule has 0 aliphatic carbocycles. The van der Waals surface area contributed by atoms with Gasteiger partial charge in [0.05, 0.1) is 0 Å². The van der Waals surface area contributed by atoms with Gasteiger partial charge in [0.2, 0.25) is 0 Å². The Labute approximate surface area is 82.3 Å². The molecule has 0 bridgehead atoms. The molecule has 12 heavy (non-hydrogen) atoms. The Morgan fingerprint density at radius 2 is 2.33 bits per heavy atom. The molecular formula is C9H12ClNS. The Morgan fingerprint density at radius 1 is 1.58 bits per heavy atom. The van der Waals surface area contributed by atoms with Gasteiger partial charge in [-0.15, -0.1) is 11.8 Å². The average Bonchev–Trinajstić information content (AvgIpc) is 2.01. The molecule has 0 unspecified atom stereocenters. The second-order valence-corrected chi connectivity index (χ2v) is 4.28. The van der Waals surface area contributed by atoms with Crippen LogP contribution in [0.3, 0.4) is 0 Å². The van der Waals surface area contributed by atoms with E-state index in [4.69, 9.17) is 17.3 Å². The van der Waals surface area contributed by atoms with Crippen molar-refractivity contribution in [3.8, 4) is 0 Å². The summed E-state index contributed by atoms with van der Waals surface area (Å²) in [6, 6.07) is 8.05. The average molecular weight is 202 g/mol. The molecule has 2 N–H and O–H groups in total. The zero-order chi connectivity index (χ0) is 8.97. The fourth-order valence-electron chi connectivity index (χ4n) is 0.784. The van der Waals surface area contributed by atoms with Crippen LogP contribution in [0.2, 0.25) is 5.02 Å². The molecule has 0 aromatic heterocycles. The maximum atomic E-state index is 5.82. The van der Waals surface area contributed by atoms with Gasteiger partial charge in [-0.2, -0.15) is 0 Å². The topological polar surface area (TPSA) is 26.0 Å². The van der Waals surface area contributed by atoms with Crippen molar-refractivity contribution in [3.63, 3.8) is 0 Å². The number of halogens is 1. The van der Waals surface area contributed by atoms with Crippen molar-refractivity contribution < 1.29 is 0 Å². The minimum atomic E-state index is 0.231. The van der Waals surface area contributed by atoms with Crippen LogP contribution in [0, 0.1) is 0 Å². The van der Waals surface area contributed by atoms with Crippen LogP contribution in [0.5, 0.6) is 0 Å². The monoisotopic (exact) mass is 201 g/mol. The van der Waals surface area contributed by atoms with E-state index in [0.717, 1.165) is 10.8 Å². The van der Waals surface area contributed by atoms with Gasteiger partial charge in [-0.25, -0.2) is 0 Å². The summed E-state index contributed by atoms with van der Waals surface area (Å²) in [5.41, 5.74) is 5.62. The molecule has 0 fully saturated rings. The van der Waals surface area contributed by atoms with Gasteiger partial charge >= 0.3 is 0 Å².